The van der Waals surface area contributed by atoms with Gasteiger partial charge in [0.15, 0.2) is 0 Å². The van der Waals surface area contributed by atoms with Gasteiger partial charge in [-0.1, -0.05) is 32.1 Å². The molecule has 4 rings (SSSR count). The van der Waals surface area contributed by atoms with Gasteiger partial charge in [0.25, 0.3) is 5.56 Å². The van der Waals surface area contributed by atoms with Gasteiger partial charge in [0.05, 0.1) is 5.52 Å². The third kappa shape index (κ3) is 4.63. The van der Waals surface area contributed by atoms with E-state index in [-0.39, 0.29) is 11.5 Å². The molecule has 2 aliphatic rings. The highest BCUT2D eigenvalue weighted by atomic mass is 32.1. The van der Waals surface area contributed by atoms with E-state index in [0.29, 0.717) is 29.4 Å². The Kier molecular flexibility index (Phi) is 6.42. The van der Waals surface area contributed by atoms with Gasteiger partial charge in [-0.2, -0.15) is 0 Å². The minimum absolute atomic E-state index is 0.102. The first kappa shape index (κ1) is 19.6. The van der Waals surface area contributed by atoms with E-state index in [4.69, 9.17) is 0 Å². The van der Waals surface area contributed by atoms with Crippen LogP contribution >= 0.6 is 11.3 Å². The van der Waals surface area contributed by atoms with Crippen molar-refractivity contribution >= 4 is 27.5 Å². The number of carbonyl (C=O) groups excluding carboxylic acids is 1. The standard InChI is InChI=1S/C21H30N4O2S/c26-19(9-8-18-22-17-10-15-28-20(17)21(27)23-18)25-13-11-24(12-14-25)16-6-4-2-1-3-5-7-16/h10,15-16H,1-9,11-14H2,(H,22,23,27). The van der Waals surface area contributed by atoms with E-state index in [9.17, 15) is 9.59 Å². The maximum Gasteiger partial charge on any atom is 0.268 e. The molecule has 0 atom stereocenters. The first-order chi connectivity index (χ1) is 13.7. The van der Waals surface area contributed by atoms with Gasteiger partial charge in [0, 0.05) is 45.1 Å². The number of H-pyrrole nitrogens is 1. The number of hydrogen-bond donors (Lipinski definition) is 1. The van der Waals surface area contributed by atoms with E-state index in [2.05, 4.69) is 14.9 Å². The van der Waals surface area contributed by atoms with Crippen LogP contribution in [0.1, 0.15) is 57.2 Å². The number of nitrogens with one attached hydrogen (secondary N) is 1. The van der Waals surface area contributed by atoms with Crippen LogP contribution in [0.4, 0.5) is 0 Å². The number of aromatic amines is 1. The van der Waals surface area contributed by atoms with Crippen LogP contribution in [0, 0.1) is 0 Å². The summed E-state index contributed by atoms with van der Waals surface area (Å²) >= 11 is 1.40. The molecule has 2 fully saturated rings. The van der Waals surface area contributed by atoms with E-state index in [1.54, 1.807) is 0 Å². The molecule has 1 saturated carbocycles. The van der Waals surface area contributed by atoms with E-state index >= 15 is 0 Å². The highest BCUT2D eigenvalue weighted by Crippen LogP contribution is 2.22. The number of hydrogen-bond acceptors (Lipinski definition) is 5. The summed E-state index contributed by atoms with van der Waals surface area (Å²) in [5.74, 6) is 0.780. The summed E-state index contributed by atoms with van der Waals surface area (Å²) in [5.41, 5.74) is 0.624. The van der Waals surface area contributed by atoms with E-state index in [1.165, 1.54) is 56.3 Å². The van der Waals surface area contributed by atoms with Crippen molar-refractivity contribution in [1.29, 1.82) is 0 Å². The van der Waals surface area contributed by atoms with Crippen molar-refractivity contribution in [2.45, 2.75) is 63.8 Å². The lowest BCUT2D eigenvalue weighted by Gasteiger charge is -2.40. The van der Waals surface area contributed by atoms with E-state index in [1.807, 2.05) is 16.3 Å². The monoisotopic (exact) mass is 402 g/mol. The van der Waals surface area contributed by atoms with Crippen LogP contribution in [0.15, 0.2) is 16.2 Å². The molecule has 2 aromatic rings. The number of aryl methyl sites for hydroxylation is 1. The number of nitrogens with zero attached hydrogens (tertiary/aromatic N) is 3. The van der Waals surface area contributed by atoms with Crippen LogP contribution in [-0.2, 0) is 11.2 Å². The molecular weight excluding hydrogens is 372 g/mol. The molecule has 1 aliphatic heterocycles. The summed E-state index contributed by atoms with van der Waals surface area (Å²) < 4.78 is 0.653. The van der Waals surface area contributed by atoms with Gasteiger partial charge in [0.1, 0.15) is 10.5 Å². The summed E-state index contributed by atoms with van der Waals surface area (Å²) in [4.78, 5) is 36.6. The minimum atomic E-state index is -0.102. The van der Waals surface area contributed by atoms with Crippen LogP contribution in [0.25, 0.3) is 10.2 Å². The van der Waals surface area contributed by atoms with Crippen molar-refractivity contribution < 1.29 is 4.79 Å². The van der Waals surface area contributed by atoms with Gasteiger partial charge in [0.2, 0.25) is 5.91 Å². The first-order valence-corrected chi connectivity index (χ1v) is 11.6. The van der Waals surface area contributed by atoms with E-state index < -0.39 is 0 Å². The third-order valence-electron chi connectivity index (χ3n) is 6.20. The Morgan fingerprint density at radius 3 is 2.57 bits per heavy atom. The van der Waals surface area contributed by atoms with Crippen molar-refractivity contribution in [3.8, 4) is 0 Å². The molecule has 152 valence electrons. The average Bonchev–Trinajstić information content (AvgIpc) is 3.15. The Bertz CT molecular complexity index is 845. The van der Waals surface area contributed by atoms with Crippen molar-refractivity contribution in [2.24, 2.45) is 0 Å². The molecule has 1 aliphatic carbocycles. The van der Waals surface area contributed by atoms with Gasteiger partial charge in [-0.25, -0.2) is 4.98 Å². The van der Waals surface area contributed by atoms with E-state index in [0.717, 1.165) is 31.7 Å². The second kappa shape index (κ2) is 9.18. The second-order valence-corrected chi connectivity index (χ2v) is 8.98. The zero-order valence-corrected chi connectivity index (χ0v) is 17.3. The second-order valence-electron chi connectivity index (χ2n) is 8.06. The zero-order chi connectivity index (χ0) is 19.3. The average molecular weight is 403 g/mol. The predicted molar refractivity (Wildman–Crippen MR) is 113 cm³/mol. The third-order valence-corrected chi connectivity index (χ3v) is 7.10. The fourth-order valence-corrected chi connectivity index (χ4v) is 5.29. The highest BCUT2D eigenvalue weighted by molar-refractivity contribution is 7.17. The van der Waals surface area contributed by atoms with Crippen LogP contribution in [-0.4, -0.2) is 57.9 Å². The summed E-state index contributed by atoms with van der Waals surface area (Å²) in [5, 5.41) is 1.87. The van der Waals surface area contributed by atoms with Crippen molar-refractivity contribution in [2.75, 3.05) is 26.2 Å². The number of piperazine rings is 1. The quantitative estimate of drug-likeness (QED) is 0.853. The van der Waals surface area contributed by atoms with Gasteiger partial charge in [-0.3, -0.25) is 14.5 Å². The Hall–Kier alpha value is -1.73. The molecule has 0 unspecified atom stereocenters. The lowest BCUT2D eigenvalue weighted by molar-refractivity contribution is -0.133. The van der Waals surface area contributed by atoms with Crippen LogP contribution in [0.3, 0.4) is 0 Å². The first-order valence-electron chi connectivity index (χ1n) is 10.7. The zero-order valence-electron chi connectivity index (χ0n) is 16.5. The number of thiophene rings is 1. The summed E-state index contributed by atoms with van der Waals surface area (Å²) in [6.07, 6.45) is 10.4. The van der Waals surface area contributed by atoms with Crippen molar-refractivity contribution in [3.05, 3.63) is 27.6 Å². The molecule has 28 heavy (non-hydrogen) atoms. The fraction of sp³-hybridized carbons (Fsp3) is 0.667. The number of fused-ring (bicyclic) bond motifs is 1. The van der Waals surface area contributed by atoms with Gasteiger partial charge in [-0.15, -0.1) is 11.3 Å². The molecule has 2 aromatic heterocycles. The molecule has 1 saturated heterocycles. The normalized spacial score (nSPS) is 20.2. The van der Waals surface area contributed by atoms with Crippen LogP contribution in [0.5, 0.6) is 0 Å². The Labute approximate surface area is 169 Å². The van der Waals surface area contributed by atoms with Crippen molar-refractivity contribution in [1.82, 2.24) is 19.8 Å². The Morgan fingerprint density at radius 2 is 1.82 bits per heavy atom. The smallest absolute Gasteiger partial charge is 0.268 e. The molecule has 6 nitrogen and oxygen atoms in total. The largest absolute Gasteiger partial charge is 0.340 e. The molecule has 7 heteroatoms. The molecule has 0 spiro atoms. The Balaban J connectivity index is 1.27. The lowest BCUT2D eigenvalue weighted by Crippen LogP contribution is -2.52. The maximum absolute atomic E-state index is 12.6. The highest BCUT2D eigenvalue weighted by Gasteiger charge is 2.26. The van der Waals surface area contributed by atoms with Gasteiger partial charge >= 0.3 is 0 Å². The SMILES string of the molecule is O=C(CCc1nc2ccsc2c(=O)[nH]1)N1CCN(C2CCCCCCC2)CC1. The number of aromatic nitrogens is 2. The molecule has 1 amide bonds. The number of rotatable bonds is 4. The minimum Gasteiger partial charge on any atom is -0.340 e. The molecule has 0 bridgehead atoms. The molecule has 3 heterocycles. The van der Waals surface area contributed by atoms with Crippen LogP contribution in [0.2, 0.25) is 0 Å². The molecule has 0 radical (unpaired) electrons. The maximum atomic E-state index is 12.6. The van der Waals surface area contributed by atoms with Crippen LogP contribution < -0.4 is 5.56 Å². The number of carbonyl (C=O) groups is 1. The van der Waals surface area contributed by atoms with Gasteiger partial charge < -0.3 is 9.88 Å². The van der Waals surface area contributed by atoms with Gasteiger partial charge in [-0.05, 0) is 24.3 Å². The molecular formula is C21H30N4O2S. The predicted octanol–water partition coefficient (Wildman–Crippen LogP) is 3.17. The van der Waals surface area contributed by atoms with Crippen molar-refractivity contribution in [3.63, 3.8) is 0 Å². The number of amides is 1. The lowest BCUT2D eigenvalue weighted by atomic mass is 9.95. The summed E-state index contributed by atoms with van der Waals surface area (Å²) in [7, 11) is 0. The molecule has 1 N–H and O–H groups in total. The Morgan fingerprint density at radius 1 is 1.11 bits per heavy atom. The molecule has 0 aromatic carbocycles. The summed E-state index contributed by atoms with van der Waals surface area (Å²) in [6.45, 7) is 3.63. The summed E-state index contributed by atoms with van der Waals surface area (Å²) in [6, 6.07) is 2.57. The fourth-order valence-electron chi connectivity index (χ4n) is 4.56. The topological polar surface area (TPSA) is 69.3 Å².